The van der Waals surface area contributed by atoms with Gasteiger partial charge in [-0.1, -0.05) is 13.8 Å². The maximum Gasteiger partial charge on any atom is 0.225 e. The van der Waals surface area contributed by atoms with Gasteiger partial charge >= 0.3 is 0 Å². The standard InChI is InChI=1S/C12H24N2O/c1-4-7-14(3)12(15)11-8-10(13)6-5-9(11)2/h9-11H,4-8,13H2,1-3H3. The van der Waals surface area contributed by atoms with Crippen molar-refractivity contribution in [2.24, 2.45) is 17.6 Å². The Balaban J connectivity index is 2.56. The molecule has 1 fully saturated rings. The van der Waals surface area contributed by atoms with E-state index in [2.05, 4.69) is 13.8 Å². The van der Waals surface area contributed by atoms with Crippen LogP contribution >= 0.6 is 0 Å². The predicted octanol–water partition coefficient (Wildman–Crippen LogP) is 1.62. The number of nitrogens with two attached hydrogens (primary N) is 1. The number of rotatable bonds is 3. The molecule has 1 amide bonds. The van der Waals surface area contributed by atoms with E-state index in [4.69, 9.17) is 5.73 Å². The quantitative estimate of drug-likeness (QED) is 0.772. The second-order valence-electron chi connectivity index (χ2n) is 4.92. The highest BCUT2D eigenvalue weighted by atomic mass is 16.2. The molecular formula is C12H24N2O. The van der Waals surface area contributed by atoms with Crippen LogP contribution in [-0.4, -0.2) is 30.4 Å². The van der Waals surface area contributed by atoms with Gasteiger partial charge in [0, 0.05) is 25.6 Å². The highest BCUT2D eigenvalue weighted by Crippen LogP contribution is 2.30. The lowest BCUT2D eigenvalue weighted by Crippen LogP contribution is -2.42. The van der Waals surface area contributed by atoms with E-state index < -0.39 is 0 Å². The van der Waals surface area contributed by atoms with Gasteiger partial charge in [0.1, 0.15) is 0 Å². The van der Waals surface area contributed by atoms with E-state index in [1.54, 1.807) is 0 Å². The Morgan fingerprint density at radius 1 is 1.47 bits per heavy atom. The molecule has 0 aromatic carbocycles. The number of hydrogen-bond acceptors (Lipinski definition) is 2. The molecule has 0 aromatic rings. The first-order valence-corrected chi connectivity index (χ1v) is 6.06. The summed E-state index contributed by atoms with van der Waals surface area (Å²) >= 11 is 0. The predicted molar refractivity (Wildman–Crippen MR) is 62.4 cm³/mol. The van der Waals surface area contributed by atoms with E-state index in [0.29, 0.717) is 11.8 Å². The topological polar surface area (TPSA) is 46.3 Å². The van der Waals surface area contributed by atoms with Crippen molar-refractivity contribution in [3.63, 3.8) is 0 Å². The van der Waals surface area contributed by atoms with Gasteiger partial charge in [0.15, 0.2) is 0 Å². The van der Waals surface area contributed by atoms with Crippen molar-refractivity contribution in [1.82, 2.24) is 4.90 Å². The Bertz CT molecular complexity index is 218. The first kappa shape index (κ1) is 12.5. The maximum atomic E-state index is 12.1. The molecule has 3 atom stereocenters. The zero-order valence-corrected chi connectivity index (χ0v) is 10.2. The monoisotopic (exact) mass is 212 g/mol. The molecule has 3 unspecified atom stereocenters. The summed E-state index contributed by atoms with van der Waals surface area (Å²) in [5.41, 5.74) is 5.93. The van der Waals surface area contributed by atoms with Crippen LogP contribution in [0.1, 0.15) is 39.5 Å². The van der Waals surface area contributed by atoms with Crippen molar-refractivity contribution < 1.29 is 4.79 Å². The molecule has 0 aliphatic heterocycles. The zero-order valence-electron chi connectivity index (χ0n) is 10.2. The summed E-state index contributed by atoms with van der Waals surface area (Å²) in [7, 11) is 1.90. The van der Waals surface area contributed by atoms with Gasteiger partial charge in [-0.05, 0) is 31.6 Å². The van der Waals surface area contributed by atoms with E-state index in [0.717, 1.165) is 32.2 Å². The van der Waals surface area contributed by atoms with Gasteiger partial charge in [-0.25, -0.2) is 0 Å². The first-order chi connectivity index (χ1) is 7.06. The number of hydrogen-bond donors (Lipinski definition) is 1. The van der Waals surface area contributed by atoms with Gasteiger partial charge in [-0.3, -0.25) is 4.79 Å². The largest absolute Gasteiger partial charge is 0.346 e. The van der Waals surface area contributed by atoms with Crippen LogP contribution in [0.15, 0.2) is 0 Å². The Morgan fingerprint density at radius 2 is 2.13 bits per heavy atom. The summed E-state index contributed by atoms with van der Waals surface area (Å²) in [5, 5.41) is 0. The number of carbonyl (C=O) groups excluding carboxylic acids is 1. The van der Waals surface area contributed by atoms with Gasteiger partial charge in [0.2, 0.25) is 5.91 Å². The second kappa shape index (κ2) is 5.50. The third kappa shape index (κ3) is 3.20. The first-order valence-electron chi connectivity index (χ1n) is 6.06. The summed E-state index contributed by atoms with van der Waals surface area (Å²) in [6.45, 7) is 5.13. The molecule has 1 aliphatic rings. The van der Waals surface area contributed by atoms with Crippen LogP contribution in [0.3, 0.4) is 0 Å². The van der Waals surface area contributed by atoms with Crippen LogP contribution in [0.5, 0.6) is 0 Å². The molecule has 2 N–H and O–H groups in total. The van der Waals surface area contributed by atoms with Gasteiger partial charge < -0.3 is 10.6 Å². The third-order valence-corrected chi connectivity index (χ3v) is 3.49. The van der Waals surface area contributed by atoms with Gasteiger partial charge in [0.25, 0.3) is 0 Å². The van der Waals surface area contributed by atoms with Crippen molar-refractivity contribution >= 4 is 5.91 Å². The summed E-state index contributed by atoms with van der Waals surface area (Å²) in [5.74, 6) is 0.946. The van der Waals surface area contributed by atoms with Crippen molar-refractivity contribution in [1.29, 1.82) is 0 Å². The molecule has 0 bridgehead atoms. The Labute approximate surface area is 93.0 Å². The van der Waals surface area contributed by atoms with Crippen molar-refractivity contribution in [2.45, 2.75) is 45.6 Å². The summed E-state index contributed by atoms with van der Waals surface area (Å²) in [6.07, 6.45) is 4.06. The molecule has 1 saturated carbocycles. The fraction of sp³-hybridized carbons (Fsp3) is 0.917. The third-order valence-electron chi connectivity index (χ3n) is 3.49. The Morgan fingerprint density at radius 3 is 2.73 bits per heavy atom. The molecule has 0 spiro atoms. The lowest BCUT2D eigenvalue weighted by Gasteiger charge is -2.34. The SMILES string of the molecule is CCCN(C)C(=O)C1CC(N)CCC1C. The Hall–Kier alpha value is -0.570. The van der Waals surface area contributed by atoms with Crippen LogP contribution in [0.2, 0.25) is 0 Å². The van der Waals surface area contributed by atoms with Gasteiger partial charge in [-0.15, -0.1) is 0 Å². The molecule has 3 nitrogen and oxygen atoms in total. The minimum atomic E-state index is 0.158. The maximum absolute atomic E-state index is 12.1. The lowest BCUT2D eigenvalue weighted by molar-refractivity contribution is -0.137. The van der Waals surface area contributed by atoms with Crippen LogP contribution in [-0.2, 0) is 4.79 Å². The molecule has 88 valence electrons. The van der Waals surface area contributed by atoms with Crippen molar-refractivity contribution in [2.75, 3.05) is 13.6 Å². The number of amides is 1. The second-order valence-corrected chi connectivity index (χ2v) is 4.92. The van der Waals surface area contributed by atoms with E-state index in [1.165, 1.54) is 0 Å². The van der Waals surface area contributed by atoms with Crippen LogP contribution in [0.4, 0.5) is 0 Å². The van der Waals surface area contributed by atoms with E-state index in [9.17, 15) is 4.79 Å². The van der Waals surface area contributed by atoms with Crippen LogP contribution in [0, 0.1) is 11.8 Å². The average molecular weight is 212 g/mol. The van der Waals surface area contributed by atoms with Gasteiger partial charge in [-0.2, -0.15) is 0 Å². The molecule has 0 heterocycles. The molecule has 1 aliphatic carbocycles. The van der Waals surface area contributed by atoms with Crippen molar-refractivity contribution in [3.8, 4) is 0 Å². The van der Waals surface area contributed by atoms with E-state index in [1.807, 2.05) is 11.9 Å². The zero-order chi connectivity index (χ0) is 11.4. The molecule has 3 heteroatoms. The van der Waals surface area contributed by atoms with E-state index in [-0.39, 0.29) is 12.0 Å². The lowest BCUT2D eigenvalue weighted by atomic mass is 9.77. The smallest absolute Gasteiger partial charge is 0.225 e. The van der Waals surface area contributed by atoms with Crippen molar-refractivity contribution in [3.05, 3.63) is 0 Å². The minimum absolute atomic E-state index is 0.158. The molecule has 1 rings (SSSR count). The fourth-order valence-electron chi connectivity index (χ4n) is 2.43. The summed E-state index contributed by atoms with van der Waals surface area (Å²) < 4.78 is 0. The van der Waals surface area contributed by atoms with Crippen LogP contribution < -0.4 is 5.73 Å². The molecule has 0 aromatic heterocycles. The fourth-order valence-corrected chi connectivity index (χ4v) is 2.43. The number of nitrogens with zero attached hydrogens (tertiary/aromatic N) is 1. The summed E-state index contributed by atoms with van der Waals surface area (Å²) in [4.78, 5) is 14.0. The molecule has 15 heavy (non-hydrogen) atoms. The van der Waals surface area contributed by atoms with E-state index >= 15 is 0 Å². The number of carbonyl (C=O) groups is 1. The van der Waals surface area contributed by atoms with Gasteiger partial charge in [0.05, 0.1) is 0 Å². The summed E-state index contributed by atoms with van der Waals surface area (Å²) in [6, 6.07) is 0.227. The molecular weight excluding hydrogens is 188 g/mol. The average Bonchev–Trinajstić information content (AvgIpc) is 2.21. The highest BCUT2D eigenvalue weighted by molar-refractivity contribution is 5.79. The molecule has 0 saturated heterocycles. The Kier molecular flexibility index (Phi) is 4.58. The minimum Gasteiger partial charge on any atom is -0.346 e. The molecule has 0 radical (unpaired) electrons. The highest BCUT2D eigenvalue weighted by Gasteiger charge is 2.32. The normalized spacial score (nSPS) is 31.3. The van der Waals surface area contributed by atoms with Crippen LogP contribution in [0.25, 0.3) is 0 Å².